The van der Waals surface area contributed by atoms with E-state index in [1.54, 1.807) is 56.5 Å². The van der Waals surface area contributed by atoms with E-state index in [0.717, 1.165) is 5.75 Å². The first-order valence-electron chi connectivity index (χ1n) is 7.64. The van der Waals surface area contributed by atoms with Gasteiger partial charge in [0, 0.05) is 6.07 Å². The molecule has 5 heteroatoms. The Kier molecular flexibility index (Phi) is 4.42. The molecule has 3 aromatic rings. The molecule has 0 saturated heterocycles. The van der Waals surface area contributed by atoms with Gasteiger partial charge >= 0.3 is 0 Å². The van der Waals surface area contributed by atoms with E-state index in [4.69, 9.17) is 18.6 Å². The van der Waals surface area contributed by atoms with E-state index in [-0.39, 0.29) is 11.2 Å². The molecular formula is C19H18O5. The van der Waals surface area contributed by atoms with Crippen molar-refractivity contribution >= 4 is 11.0 Å². The number of aryl methyl sites for hydroxylation is 1. The molecule has 3 rings (SSSR count). The summed E-state index contributed by atoms with van der Waals surface area (Å²) >= 11 is 0. The SMILES string of the molecule is CCOc1ccc(Oc2c(C)oc3cc(OC)ccc3c2=O)cc1. The Morgan fingerprint density at radius 1 is 1.00 bits per heavy atom. The highest BCUT2D eigenvalue weighted by atomic mass is 16.5. The maximum atomic E-state index is 12.7. The number of fused-ring (bicyclic) bond motifs is 1. The molecule has 0 unspecified atom stereocenters. The van der Waals surface area contributed by atoms with Crippen molar-refractivity contribution < 1.29 is 18.6 Å². The number of methoxy groups -OCH3 is 1. The van der Waals surface area contributed by atoms with Crippen molar-refractivity contribution in [3.63, 3.8) is 0 Å². The number of hydrogen-bond donors (Lipinski definition) is 0. The van der Waals surface area contributed by atoms with Gasteiger partial charge in [-0.2, -0.15) is 0 Å². The number of benzene rings is 2. The maximum absolute atomic E-state index is 12.7. The van der Waals surface area contributed by atoms with E-state index < -0.39 is 0 Å². The molecule has 0 aliphatic heterocycles. The summed E-state index contributed by atoms with van der Waals surface area (Å²) in [6.07, 6.45) is 0. The van der Waals surface area contributed by atoms with E-state index in [1.165, 1.54) is 0 Å². The van der Waals surface area contributed by atoms with Crippen LogP contribution in [0.2, 0.25) is 0 Å². The molecule has 24 heavy (non-hydrogen) atoms. The lowest BCUT2D eigenvalue weighted by atomic mass is 10.2. The maximum Gasteiger partial charge on any atom is 0.235 e. The van der Waals surface area contributed by atoms with Crippen molar-refractivity contribution in [1.29, 1.82) is 0 Å². The smallest absolute Gasteiger partial charge is 0.235 e. The van der Waals surface area contributed by atoms with E-state index in [1.807, 2.05) is 6.92 Å². The van der Waals surface area contributed by atoms with Gasteiger partial charge in [0.15, 0.2) is 0 Å². The quantitative estimate of drug-likeness (QED) is 0.699. The van der Waals surface area contributed by atoms with Gasteiger partial charge in [0.1, 0.15) is 28.6 Å². The summed E-state index contributed by atoms with van der Waals surface area (Å²) in [5.74, 6) is 2.51. The molecule has 124 valence electrons. The van der Waals surface area contributed by atoms with Crippen molar-refractivity contribution in [1.82, 2.24) is 0 Å². The lowest BCUT2D eigenvalue weighted by Crippen LogP contribution is -2.07. The second-order valence-corrected chi connectivity index (χ2v) is 5.19. The molecule has 0 aliphatic rings. The molecule has 1 heterocycles. The summed E-state index contributed by atoms with van der Waals surface area (Å²) in [5, 5.41) is 0.447. The van der Waals surface area contributed by atoms with Gasteiger partial charge in [0.2, 0.25) is 11.2 Å². The van der Waals surface area contributed by atoms with Crippen molar-refractivity contribution in [2.75, 3.05) is 13.7 Å². The Morgan fingerprint density at radius 3 is 2.33 bits per heavy atom. The average Bonchev–Trinajstić information content (AvgIpc) is 2.59. The van der Waals surface area contributed by atoms with Crippen LogP contribution in [-0.2, 0) is 0 Å². The topological polar surface area (TPSA) is 57.9 Å². The molecular weight excluding hydrogens is 308 g/mol. The first-order valence-corrected chi connectivity index (χ1v) is 7.64. The van der Waals surface area contributed by atoms with E-state index in [9.17, 15) is 4.79 Å². The Hall–Kier alpha value is -2.95. The van der Waals surface area contributed by atoms with Crippen molar-refractivity contribution in [2.24, 2.45) is 0 Å². The third-order valence-corrected chi connectivity index (χ3v) is 3.58. The molecule has 0 aliphatic carbocycles. The minimum absolute atomic E-state index is 0.178. The fraction of sp³-hybridized carbons (Fsp3) is 0.211. The summed E-state index contributed by atoms with van der Waals surface area (Å²) in [6.45, 7) is 4.21. The summed E-state index contributed by atoms with van der Waals surface area (Å²) in [6, 6.07) is 12.2. The highest BCUT2D eigenvalue weighted by Crippen LogP contribution is 2.28. The average molecular weight is 326 g/mol. The molecule has 0 fully saturated rings. The number of ether oxygens (including phenoxy) is 3. The van der Waals surface area contributed by atoms with Crippen molar-refractivity contribution in [3.8, 4) is 23.0 Å². The molecule has 2 aromatic carbocycles. The highest BCUT2D eigenvalue weighted by molar-refractivity contribution is 5.79. The van der Waals surface area contributed by atoms with Gasteiger partial charge in [0.25, 0.3) is 0 Å². The molecule has 0 saturated carbocycles. The molecule has 5 nitrogen and oxygen atoms in total. The monoisotopic (exact) mass is 326 g/mol. The van der Waals surface area contributed by atoms with Crippen LogP contribution in [0.1, 0.15) is 12.7 Å². The molecule has 0 amide bonds. The second-order valence-electron chi connectivity index (χ2n) is 5.19. The normalized spacial score (nSPS) is 10.6. The summed E-state index contributed by atoms with van der Waals surface area (Å²) in [7, 11) is 1.57. The van der Waals surface area contributed by atoms with Crippen LogP contribution in [0.15, 0.2) is 51.7 Å². The first kappa shape index (κ1) is 15.9. The second kappa shape index (κ2) is 6.66. The van der Waals surface area contributed by atoms with Gasteiger partial charge in [0.05, 0.1) is 19.1 Å². The summed E-state index contributed by atoms with van der Waals surface area (Å²) in [4.78, 5) is 12.7. The largest absolute Gasteiger partial charge is 0.497 e. The number of rotatable bonds is 5. The van der Waals surface area contributed by atoms with Crippen LogP contribution in [0.25, 0.3) is 11.0 Å². The fourth-order valence-electron chi connectivity index (χ4n) is 2.40. The van der Waals surface area contributed by atoms with Gasteiger partial charge < -0.3 is 18.6 Å². The van der Waals surface area contributed by atoms with Crippen molar-refractivity contribution in [3.05, 3.63) is 58.4 Å². The lowest BCUT2D eigenvalue weighted by molar-refractivity contribution is 0.339. The van der Waals surface area contributed by atoms with Crippen LogP contribution in [0.5, 0.6) is 23.0 Å². The number of hydrogen-bond acceptors (Lipinski definition) is 5. The third kappa shape index (κ3) is 3.06. The van der Waals surface area contributed by atoms with Gasteiger partial charge in [-0.3, -0.25) is 4.79 Å². The van der Waals surface area contributed by atoms with E-state index in [2.05, 4.69) is 0 Å². The minimum Gasteiger partial charge on any atom is -0.497 e. The molecule has 0 bridgehead atoms. The lowest BCUT2D eigenvalue weighted by Gasteiger charge is -2.10. The zero-order valence-electron chi connectivity index (χ0n) is 13.8. The molecule has 0 radical (unpaired) electrons. The van der Waals surface area contributed by atoms with Gasteiger partial charge in [-0.15, -0.1) is 0 Å². The third-order valence-electron chi connectivity index (χ3n) is 3.58. The predicted octanol–water partition coefficient (Wildman–Crippen LogP) is 4.30. The Morgan fingerprint density at radius 2 is 1.67 bits per heavy atom. The van der Waals surface area contributed by atoms with Crippen LogP contribution in [0, 0.1) is 6.92 Å². The Bertz CT molecular complexity index is 909. The van der Waals surface area contributed by atoms with Crippen LogP contribution < -0.4 is 19.6 Å². The Balaban J connectivity index is 1.98. The Labute approximate surface area is 139 Å². The summed E-state index contributed by atoms with van der Waals surface area (Å²) in [5.41, 5.74) is 0.251. The van der Waals surface area contributed by atoms with Gasteiger partial charge in [-0.05, 0) is 50.2 Å². The zero-order valence-corrected chi connectivity index (χ0v) is 13.8. The van der Waals surface area contributed by atoms with E-state index >= 15 is 0 Å². The van der Waals surface area contributed by atoms with Crippen molar-refractivity contribution in [2.45, 2.75) is 13.8 Å². The molecule has 0 spiro atoms. The fourth-order valence-corrected chi connectivity index (χ4v) is 2.40. The zero-order chi connectivity index (χ0) is 17.1. The minimum atomic E-state index is -0.217. The molecule has 1 aromatic heterocycles. The summed E-state index contributed by atoms with van der Waals surface area (Å²) < 4.78 is 22.0. The standard InChI is InChI=1S/C19H18O5/c1-4-22-13-5-7-14(8-6-13)24-19-12(2)23-17-11-15(21-3)9-10-16(17)18(19)20/h5-11H,4H2,1-3H3. The van der Waals surface area contributed by atoms with Gasteiger partial charge in [-0.1, -0.05) is 0 Å². The van der Waals surface area contributed by atoms with Crippen LogP contribution in [-0.4, -0.2) is 13.7 Å². The van der Waals surface area contributed by atoms with Gasteiger partial charge in [-0.25, -0.2) is 0 Å². The first-order chi connectivity index (χ1) is 11.6. The molecule has 0 atom stereocenters. The van der Waals surface area contributed by atoms with Crippen LogP contribution in [0.3, 0.4) is 0 Å². The highest BCUT2D eigenvalue weighted by Gasteiger charge is 2.14. The van der Waals surface area contributed by atoms with Crippen LogP contribution >= 0.6 is 0 Å². The molecule has 0 N–H and O–H groups in total. The van der Waals surface area contributed by atoms with Crippen LogP contribution in [0.4, 0.5) is 0 Å². The van der Waals surface area contributed by atoms with E-state index in [0.29, 0.717) is 34.8 Å². The predicted molar refractivity (Wildman–Crippen MR) is 91.5 cm³/mol.